The maximum Gasteiger partial charge on any atom is 0.197 e. The lowest BCUT2D eigenvalue weighted by atomic mass is 9.85. The Bertz CT molecular complexity index is 259. The molecular weight excluding hydrogens is 166 g/mol. The summed E-state index contributed by atoms with van der Waals surface area (Å²) >= 11 is 0. The molecule has 1 saturated carbocycles. The van der Waals surface area contributed by atoms with Gasteiger partial charge in [0.1, 0.15) is 6.10 Å². The van der Waals surface area contributed by atoms with Crippen LogP contribution < -0.4 is 0 Å². The zero-order chi connectivity index (χ0) is 9.26. The van der Waals surface area contributed by atoms with Gasteiger partial charge < -0.3 is 9.52 Å². The SMILES string of the molecule is CCC(O)c1cnc(C2CCC2)o1. The normalized spacial score (nSPS) is 19.8. The first-order chi connectivity index (χ1) is 6.31. The number of nitrogens with zero attached hydrogens (tertiary/aromatic N) is 1. The predicted molar refractivity (Wildman–Crippen MR) is 48.3 cm³/mol. The molecule has 0 spiro atoms. The molecule has 72 valence electrons. The van der Waals surface area contributed by atoms with Crippen LogP contribution in [0.2, 0.25) is 0 Å². The van der Waals surface area contributed by atoms with E-state index in [4.69, 9.17) is 4.42 Å². The van der Waals surface area contributed by atoms with Crippen LogP contribution in [0.25, 0.3) is 0 Å². The Morgan fingerprint density at radius 1 is 1.69 bits per heavy atom. The van der Waals surface area contributed by atoms with E-state index < -0.39 is 6.10 Å². The number of hydrogen-bond donors (Lipinski definition) is 1. The van der Waals surface area contributed by atoms with Crippen molar-refractivity contribution in [3.8, 4) is 0 Å². The molecular formula is C10H15NO2. The average molecular weight is 181 g/mol. The van der Waals surface area contributed by atoms with Gasteiger partial charge in [0.05, 0.1) is 6.20 Å². The van der Waals surface area contributed by atoms with Crippen molar-refractivity contribution in [1.29, 1.82) is 0 Å². The average Bonchev–Trinajstić information content (AvgIpc) is 2.49. The first-order valence-corrected chi connectivity index (χ1v) is 4.95. The van der Waals surface area contributed by atoms with Gasteiger partial charge >= 0.3 is 0 Å². The van der Waals surface area contributed by atoms with Crippen LogP contribution in [-0.4, -0.2) is 10.1 Å². The first-order valence-electron chi connectivity index (χ1n) is 4.95. The molecule has 0 saturated heterocycles. The minimum absolute atomic E-state index is 0.485. The second-order valence-electron chi connectivity index (χ2n) is 3.65. The van der Waals surface area contributed by atoms with E-state index >= 15 is 0 Å². The molecule has 3 nitrogen and oxygen atoms in total. The Morgan fingerprint density at radius 2 is 2.46 bits per heavy atom. The van der Waals surface area contributed by atoms with Gasteiger partial charge in [-0.15, -0.1) is 0 Å². The minimum atomic E-state index is -0.485. The zero-order valence-corrected chi connectivity index (χ0v) is 7.86. The van der Waals surface area contributed by atoms with Crippen molar-refractivity contribution >= 4 is 0 Å². The fourth-order valence-electron chi connectivity index (χ4n) is 1.50. The molecule has 2 rings (SSSR count). The van der Waals surface area contributed by atoms with E-state index in [1.807, 2.05) is 6.92 Å². The van der Waals surface area contributed by atoms with Gasteiger partial charge in [0.15, 0.2) is 11.7 Å². The van der Waals surface area contributed by atoms with Crippen LogP contribution in [0.1, 0.15) is 56.3 Å². The van der Waals surface area contributed by atoms with Crippen LogP contribution in [0.4, 0.5) is 0 Å². The Hall–Kier alpha value is -0.830. The first kappa shape index (κ1) is 8.75. The highest BCUT2D eigenvalue weighted by Gasteiger charge is 2.25. The molecule has 1 aliphatic carbocycles. The van der Waals surface area contributed by atoms with Gasteiger partial charge in [0, 0.05) is 5.92 Å². The third-order valence-electron chi connectivity index (χ3n) is 2.71. The molecule has 1 aromatic heterocycles. The smallest absolute Gasteiger partial charge is 0.197 e. The van der Waals surface area contributed by atoms with Gasteiger partial charge in [-0.3, -0.25) is 0 Å². The van der Waals surface area contributed by atoms with Gasteiger partial charge in [-0.1, -0.05) is 13.3 Å². The van der Waals surface area contributed by atoms with Crippen LogP contribution >= 0.6 is 0 Å². The summed E-state index contributed by atoms with van der Waals surface area (Å²) in [6.45, 7) is 1.93. The van der Waals surface area contributed by atoms with Crippen LogP contribution in [0.3, 0.4) is 0 Å². The number of hydrogen-bond acceptors (Lipinski definition) is 3. The number of aliphatic hydroxyl groups is 1. The Labute approximate surface area is 77.8 Å². The van der Waals surface area contributed by atoms with Crippen LogP contribution in [0.5, 0.6) is 0 Å². The second kappa shape index (κ2) is 3.50. The highest BCUT2D eigenvalue weighted by Crippen LogP contribution is 2.36. The third kappa shape index (κ3) is 1.61. The standard InChI is InChI=1S/C10H15NO2/c1-2-8(12)9-6-11-10(13-9)7-4-3-5-7/h6-8,12H,2-5H2,1H3. The van der Waals surface area contributed by atoms with E-state index in [0.29, 0.717) is 18.1 Å². The van der Waals surface area contributed by atoms with Crippen LogP contribution in [0, 0.1) is 0 Å². The van der Waals surface area contributed by atoms with Crippen LogP contribution in [0.15, 0.2) is 10.6 Å². The number of oxazole rings is 1. The monoisotopic (exact) mass is 181 g/mol. The van der Waals surface area contributed by atoms with Crippen molar-refractivity contribution < 1.29 is 9.52 Å². The van der Waals surface area contributed by atoms with Gasteiger partial charge in [0.2, 0.25) is 0 Å². The summed E-state index contributed by atoms with van der Waals surface area (Å²) in [6.07, 6.45) is 5.49. The lowest BCUT2D eigenvalue weighted by Gasteiger charge is -2.21. The van der Waals surface area contributed by atoms with Crippen molar-refractivity contribution in [2.45, 2.75) is 44.6 Å². The fourth-order valence-corrected chi connectivity index (χ4v) is 1.50. The van der Waals surface area contributed by atoms with E-state index in [0.717, 1.165) is 5.89 Å². The molecule has 1 heterocycles. The van der Waals surface area contributed by atoms with Crippen molar-refractivity contribution in [3.05, 3.63) is 17.8 Å². The van der Waals surface area contributed by atoms with E-state index in [9.17, 15) is 5.11 Å². The van der Waals surface area contributed by atoms with Crippen molar-refractivity contribution in [2.75, 3.05) is 0 Å². The molecule has 0 radical (unpaired) electrons. The van der Waals surface area contributed by atoms with E-state index in [1.165, 1.54) is 19.3 Å². The second-order valence-corrected chi connectivity index (χ2v) is 3.65. The van der Waals surface area contributed by atoms with Gasteiger partial charge in [0.25, 0.3) is 0 Å². The van der Waals surface area contributed by atoms with E-state index in [1.54, 1.807) is 6.20 Å². The molecule has 1 fully saturated rings. The molecule has 3 heteroatoms. The molecule has 13 heavy (non-hydrogen) atoms. The van der Waals surface area contributed by atoms with Crippen molar-refractivity contribution in [1.82, 2.24) is 4.98 Å². The minimum Gasteiger partial charge on any atom is -0.443 e. The molecule has 1 N–H and O–H groups in total. The number of aromatic nitrogens is 1. The van der Waals surface area contributed by atoms with Gasteiger partial charge in [-0.25, -0.2) is 4.98 Å². The zero-order valence-electron chi connectivity index (χ0n) is 7.86. The molecule has 0 aliphatic heterocycles. The largest absolute Gasteiger partial charge is 0.443 e. The predicted octanol–water partition coefficient (Wildman–Crippen LogP) is 2.39. The summed E-state index contributed by atoms with van der Waals surface area (Å²) in [5, 5.41) is 9.48. The number of rotatable bonds is 3. The van der Waals surface area contributed by atoms with Crippen molar-refractivity contribution in [2.24, 2.45) is 0 Å². The molecule has 1 unspecified atom stereocenters. The Balaban J connectivity index is 2.08. The summed E-state index contributed by atoms with van der Waals surface area (Å²) in [7, 11) is 0. The Kier molecular flexibility index (Phi) is 2.36. The van der Waals surface area contributed by atoms with Gasteiger partial charge in [-0.05, 0) is 19.3 Å². The summed E-state index contributed by atoms with van der Waals surface area (Å²) < 4.78 is 5.48. The molecule has 0 aromatic carbocycles. The van der Waals surface area contributed by atoms with Gasteiger partial charge in [-0.2, -0.15) is 0 Å². The topological polar surface area (TPSA) is 46.3 Å². The highest BCUT2D eigenvalue weighted by atomic mass is 16.4. The summed E-state index contributed by atoms with van der Waals surface area (Å²) in [6, 6.07) is 0. The summed E-state index contributed by atoms with van der Waals surface area (Å²) in [5.41, 5.74) is 0. The molecule has 1 atom stereocenters. The lowest BCUT2D eigenvalue weighted by molar-refractivity contribution is 0.141. The quantitative estimate of drug-likeness (QED) is 0.778. The molecule has 0 amide bonds. The third-order valence-corrected chi connectivity index (χ3v) is 2.71. The number of aliphatic hydroxyl groups excluding tert-OH is 1. The van der Waals surface area contributed by atoms with E-state index in [2.05, 4.69) is 4.98 Å². The lowest BCUT2D eigenvalue weighted by Crippen LogP contribution is -2.08. The maximum atomic E-state index is 9.48. The Morgan fingerprint density at radius 3 is 3.00 bits per heavy atom. The molecule has 0 bridgehead atoms. The molecule has 1 aliphatic rings. The highest BCUT2D eigenvalue weighted by molar-refractivity contribution is 5.03. The molecule has 1 aromatic rings. The van der Waals surface area contributed by atoms with E-state index in [-0.39, 0.29) is 0 Å². The summed E-state index contributed by atoms with van der Waals surface area (Å²) in [4.78, 5) is 4.18. The fraction of sp³-hybridized carbons (Fsp3) is 0.700. The van der Waals surface area contributed by atoms with Crippen LogP contribution in [-0.2, 0) is 0 Å². The maximum absolute atomic E-state index is 9.48. The summed E-state index contributed by atoms with van der Waals surface area (Å²) in [5.74, 6) is 1.94. The van der Waals surface area contributed by atoms with Crippen molar-refractivity contribution in [3.63, 3.8) is 0 Å².